The van der Waals surface area contributed by atoms with Gasteiger partial charge in [0, 0.05) is 26.2 Å². The quantitative estimate of drug-likeness (QED) is 0.823. The fourth-order valence-electron chi connectivity index (χ4n) is 5.95. The minimum atomic E-state index is -0.110. The minimum Gasteiger partial charge on any atom is -0.298 e. The number of Topliss-reactive ketones (excluding diaryl/α,β-unsaturated/α-hetero) is 1. The van der Waals surface area contributed by atoms with Gasteiger partial charge in [0.2, 0.25) is 0 Å². The normalized spacial score (nSPS) is 40.3. The molecule has 0 aromatic heterocycles. The molecule has 4 bridgehead atoms. The number of ketones is 1. The van der Waals surface area contributed by atoms with Gasteiger partial charge in [-0.3, -0.25) is 14.6 Å². The molecule has 5 rings (SSSR count). The van der Waals surface area contributed by atoms with Crippen LogP contribution in [-0.2, 0) is 4.79 Å². The molecule has 0 unspecified atom stereocenters. The predicted molar refractivity (Wildman–Crippen MR) is 96.8 cm³/mol. The standard InChI is InChI=1S/C21H30N2O/c1-4-9-20-12-22-14-21(10-5-2,19(20)24)15-23(13-20)18(22)17-8-6-7-16(3)11-17/h6-8,11,18H,4-5,9-10,12-15H2,1-3H3. The third kappa shape index (κ3) is 2.21. The van der Waals surface area contributed by atoms with Crippen molar-refractivity contribution in [2.24, 2.45) is 10.8 Å². The Kier molecular flexibility index (Phi) is 3.85. The summed E-state index contributed by atoms with van der Waals surface area (Å²) in [6, 6.07) is 8.94. The summed E-state index contributed by atoms with van der Waals surface area (Å²) in [6.07, 6.45) is 4.67. The number of hydrogen-bond acceptors (Lipinski definition) is 3. The van der Waals surface area contributed by atoms with Crippen molar-refractivity contribution in [3.63, 3.8) is 0 Å². The highest BCUT2D eigenvalue weighted by Crippen LogP contribution is 2.55. The summed E-state index contributed by atoms with van der Waals surface area (Å²) in [4.78, 5) is 18.7. The Hall–Kier alpha value is -1.19. The van der Waals surface area contributed by atoms with Crippen LogP contribution >= 0.6 is 0 Å². The number of rotatable bonds is 5. The van der Waals surface area contributed by atoms with Gasteiger partial charge in [0.1, 0.15) is 5.78 Å². The summed E-state index contributed by atoms with van der Waals surface area (Å²) < 4.78 is 0. The highest BCUT2D eigenvalue weighted by Gasteiger charge is 2.64. The molecule has 1 aromatic carbocycles. The van der Waals surface area contributed by atoms with E-state index in [4.69, 9.17) is 0 Å². The molecule has 0 N–H and O–H groups in total. The van der Waals surface area contributed by atoms with Gasteiger partial charge in [0.15, 0.2) is 0 Å². The van der Waals surface area contributed by atoms with Gasteiger partial charge < -0.3 is 0 Å². The lowest BCUT2D eigenvalue weighted by Gasteiger charge is -2.66. The first-order valence-corrected chi connectivity index (χ1v) is 9.63. The predicted octanol–water partition coefficient (Wildman–Crippen LogP) is 3.78. The Morgan fingerprint density at radius 1 is 1.00 bits per heavy atom. The van der Waals surface area contributed by atoms with Gasteiger partial charge in [-0.2, -0.15) is 0 Å². The fraction of sp³-hybridized carbons (Fsp3) is 0.667. The summed E-state index contributed by atoms with van der Waals surface area (Å²) in [6.45, 7) is 10.5. The van der Waals surface area contributed by atoms with Crippen LogP contribution in [0.15, 0.2) is 24.3 Å². The molecule has 0 amide bonds. The third-order valence-electron chi connectivity index (χ3n) is 6.48. The molecule has 4 aliphatic rings. The van der Waals surface area contributed by atoms with E-state index in [2.05, 4.69) is 54.8 Å². The van der Waals surface area contributed by atoms with Crippen LogP contribution in [0.3, 0.4) is 0 Å². The number of hydrogen-bond donors (Lipinski definition) is 0. The van der Waals surface area contributed by atoms with E-state index in [0.29, 0.717) is 11.9 Å². The molecule has 4 fully saturated rings. The summed E-state index contributed by atoms with van der Waals surface area (Å²) in [5.74, 6) is 0.592. The minimum absolute atomic E-state index is 0.110. The molecule has 0 spiro atoms. The lowest BCUT2D eigenvalue weighted by molar-refractivity contribution is -0.205. The van der Waals surface area contributed by atoms with E-state index >= 15 is 0 Å². The monoisotopic (exact) mass is 326 g/mol. The van der Waals surface area contributed by atoms with E-state index in [9.17, 15) is 4.79 Å². The maximum atomic E-state index is 13.4. The van der Waals surface area contributed by atoms with Crippen LogP contribution in [0.5, 0.6) is 0 Å². The molecule has 0 saturated carbocycles. The molecule has 4 heterocycles. The second-order valence-corrected chi connectivity index (χ2v) is 8.49. The van der Waals surface area contributed by atoms with E-state index in [1.165, 1.54) is 11.1 Å². The van der Waals surface area contributed by atoms with Crippen LogP contribution < -0.4 is 0 Å². The first kappa shape index (κ1) is 16.3. The average Bonchev–Trinajstić information content (AvgIpc) is 2.52. The molecule has 1 aromatic rings. The number of nitrogens with zero attached hydrogens (tertiary/aromatic N) is 2. The van der Waals surface area contributed by atoms with Gasteiger partial charge in [0.05, 0.1) is 17.0 Å². The Morgan fingerprint density at radius 2 is 1.54 bits per heavy atom. The molecule has 3 nitrogen and oxygen atoms in total. The molecule has 0 aliphatic carbocycles. The molecule has 24 heavy (non-hydrogen) atoms. The fourth-order valence-corrected chi connectivity index (χ4v) is 5.95. The van der Waals surface area contributed by atoms with Crippen LogP contribution in [0, 0.1) is 17.8 Å². The van der Waals surface area contributed by atoms with E-state index in [1.807, 2.05) is 0 Å². The smallest absolute Gasteiger partial charge is 0.150 e. The lowest BCUT2D eigenvalue weighted by Crippen LogP contribution is -2.76. The van der Waals surface area contributed by atoms with Crippen LogP contribution in [-0.4, -0.2) is 41.8 Å². The second-order valence-electron chi connectivity index (χ2n) is 8.49. The van der Waals surface area contributed by atoms with Crippen molar-refractivity contribution in [3.05, 3.63) is 35.4 Å². The van der Waals surface area contributed by atoms with E-state index in [1.54, 1.807) is 0 Å². The van der Waals surface area contributed by atoms with Gasteiger partial charge in [-0.25, -0.2) is 0 Å². The first-order valence-electron chi connectivity index (χ1n) is 9.63. The Labute approximate surface area is 146 Å². The second kappa shape index (κ2) is 5.67. The third-order valence-corrected chi connectivity index (χ3v) is 6.48. The van der Waals surface area contributed by atoms with Crippen molar-refractivity contribution in [2.45, 2.75) is 52.6 Å². The maximum Gasteiger partial charge on any atom is 0.150 e. The molecule has 0 radical (unpaired) electrons. The Morgan fingerprint density at radius 3 is 2.00 bits per heavy atom. The average molecular weight is 326 g/mol. The molecule has 3 heteroatoms. The molecule has 0 atom stereocenters. The number of piperidine rings is 2. The van der Waals surface area contributed by atoms with Crippen molar-refractivity contribution >= 4 is 5.78 Å². The summed E-state index contributed by atoms with van der Waals surface area (Å²) in [5, 5.41) is 0. The summed E-state index contributed by atoms with van der Waals surface area (Å²) in [7, 11) is 0. The topological polar surface area (TPSA) is 23.6 Å². The first-order chi connectivity index (χ1) is 11.5. The van der Waals surface area contributed by atoms with Crippen molar-refractivity contribution in [3.8, 4) is 0 Å². The van der Waals surface area contributed by atoms with Gasteiger partial charge in [-0.15, -0.1) is 0 Å². The van der Waals surface area contributed by atoms with Crippen molar-refractivity contribution in [2.75, 3.05) is 26.2 Å². The van der Waals surface area contributed by atoms with E-state index < -0.39 is 0 Å². The Balaban J connectivity index is 1.73. The molecular weight excluding hydrogens is 296 g/mol. The molecule has 4 saturated heterocycles. The zero-order valence-corrected chi connectivity index (χ0v) is 15.3. The van der Waals surface area contributed by atoms with E-state index in [-0.39, 0.29) is 10.8 Å². The van der Waals surface area contributed by atoms with E-state index in [0.717, 1.165) is 51.9 Å². The van der Waals surface area contributed by atoms with Crippen LogP contribution in [0.1, 0.15) is 56.8 Å². The van der Waals surface area contributed by atoms with Crippen molar-refractivity contribution in [1.29, 1.82) is 0 Å². The number of carbonyl (C=O) groups is 1. The zero-order valence-electron chi connectivity index (χ0n) is 15.3. The van der Waals surface area contributed by atoms with Gasteiger partial charge >= 0.3 is 0 Å². The summed E-state index contributed by atoms with van der Waals surface area (Å²) in [5.41, 5.74) is 2.51. The van der Waals surface area contributed by atoms with Crippen LogP contribution in [0.25, 0.3) is 0 Å². The Bertz CT molecular complexity index is 609. The maximum absolute atomic E-state index is 13.4. The number of benzene rings is 1. The highest BCUT2D eigenvalue weighted by atomic mass is 16.1. The lowest BCUT2D eigenvalue weighted by atomic mass is 9.57. The van der Waals surface area contributed by atoms with Gasteiger partial charge in [-0.05, 0) is 25.3 Å². The van der Waals surface area contributed by atoms with Gasteiger partial charge in [0.25, 0.3) is 0 Å². The van der Waals surface area contributed by atoms with Crippen LogP contribution in [0.4, 0.5) is 0 Å². The highest BCUT2D eigenvalue weighted by molar-refractivity contribution is 5.93. The SMILES string of the molecule is CCCC12CN3CC(CCC)(CN(C1)C3c1cccc(C)c1)C2=O. The molecular formula is C21H30N2O. The largest absolute Gasteiger partial charge is 0.298 e. The number of carbonyl (C=O) groups excluding carboxylic acids is 1. The van der Waals surface area contributed by atoms with Crippen molar-refractivity contribution < 1.29 is 4.79 Å². The summed E-state index contributed by atoms with van der Waals surface area (Å²) >= 11 is 0. The zero-order chi connectivity index (χ0) is 16.9. The van der Waals surface area contributed by atoms with Crippen LogP contribution in [0.2, 0.25) is 0 Å². The molecule has 4 aliphatic heterocycles. The van der Waals surface area contributed by atoms with Gasteiger partial charge in [-0.1, -0.05) is 56.5 Å². The number of aryl methyl sites for hydroxylation is 1. The van der Waals surface area contributed by atoms with Crippen molar-refractivity contribution in [1.82, 2.24) is 9.80 Å². The molecule has 130 valence electrons.